The van der Waals surface area contributed by atoms with Gasteiger partial charge in [-0.1, -0.05) is 17.7 Å². The third-order valence-corrected chi connectivity index (χ3v) is 1.74. The Kier molecular flexibility index (Phi) is 3.46. The van der Waals surface area contributed by atoms with Crippen molar-refractivity contribution in [2.24, 2.45) is 0 Å². The molecule has 70 valence electrons. The van der Waals surface area contributed by atoms with Crippen LogP contribution in [-0.2, 0) is 0 Å². The summed E-state index contributed by atoms with van der Waals surface area (Å²) in [6.45, 7) is 2.49. The highest BCUT2D eigenvalue weighted by Crippen LogP contribution is 2.02. The number of hydrogen-bond donors (Lipinski definition) is 2. The lowest BCUT2D eigenvalue weighted by atomic mass is 10.1. The van der Waals surface area contributed by atoms with E-state index < -0.39 is 0 Å². The minimum atomic E-state index is -0.0469. The highest BCUT2D eigenvalue weighted by molar-refractivity contribution is 5.94. The molecule has 13 heavy (non-hydrogen) atoms. The summed E-state index contributed by atoms with van der Waals surface area (Å²) in [6.07, 6.45) is 0. The predicted octanol–water partition coefficient (Wildman–Crippen LogP) is 0.902. The zero-order valence-corrected chi connectivity index (χ0v) is 7.92. The summed E-state index contributed by atoms with van der Waals surface area (Å²) in [5, 5.41) is 5.57. The molecule has 0 heterocycles. The third-order valence-electron chi connectivity index (χ3n) is 1.74. The first-order chi connectivity index (χ1) is 6.24. The lowest BCUT2D eigenvalue weighted by Crippen LogP contribution is -2.31. The molecule has 1 rings (SSSR count). The molecule has 1 amide bonds. The summed E-state index contributed by atoms with van der Waals surface area (Å²) in [5.74, 6) is -0.0469. The third kappa shape index (κ3) is 2.87. The minimum absolute atomic E-state index is 0.0469. The Balaban J connectivity index is 2.61. The summed E-state index contributed by atoms with van der Waals surface area (Å²) in [6, 6.07) is 7.49. The Morgan fingerprint density at radius 3 is 2.46 bits per heavy atom. The van der Waals surface area contributed by atoms with E-state index in [2.05, 4.69) is 10.6 Å². The van der Waals surface area contributed by atoms with Crippen LogP contribution in [-0.4, -0.2) is 19.6 Å². The maximum atomic E-state index is 11.4. The molecule has 3 nitrogen and oxygen atoms in total. The number of amides is 1. The Morgan fingerprint density at radius 2 is 1.92 bits per heavy atom. The van der Waals surface area contributed by atoms with Gasteiger partial charge in [-0.05, 0) is 26.1 Å². The molecule has 2 N–H and O–H groups in total. The van der Waals surface area contributed by atoms with Crippen molar-refractivity contribution < 1.29 is 4.79 Å². The minimum Gasteiger partial charge on any atom is -0.339 e. The van der Waals surface area contributed by atoms with Gasteiger partial charge in [0.2, 0.25) is 0 Å². The lowest BCUT2D eigenvalue weighted by molar-refractivity contribution is 0.0951. The van der Waals surface area contributed by atoms with Crippen LogP contribution in [0.5, 0.6) is 0 Å². The van der Waals surface area contributed by atoms with Crippen LogP contribution >= 0.6 is 0 Å². The van der Waals surface area contributed by atoms with E-state index in [9.17, 15) is 4.79 Å². The number of nitrogens with one attached hydrogen (secondary N) is 2. The molecule has 0 spiro atoms. The van der Waals surface area contributed by atoms with Gasteiger partial charge in [0.05, 0.1) is 6.67 Å². The number of carbonyl (C=O) groups excluding carboxylic acids is 1. The predicted molar refractivity (Wildman–Crippen MR) is 52.6 cm³/mol. The first-order valence-electron chi connectivity index (χ1n) is 4.23. The van der Waals surface area contributed by atoms with Crippen LogP contribution in [0.25, 0.3) is 0 Å². The fraction of sp³-hybridized carbons (Fsp3) is 0.300. The molecule has 0 atom stereocenters. The van der Waals surface area contributed by atoms with Gasteiger partial charge in [0.25, 0.3) is 5.91 Å². The average Bonchev–Trinajstić information content (AvgIpc) is 2.15. The summed E-state index contributed by atoms with van der Waals surface area (Å²) >= 11 is 0. The van der Waals surface area contributed by atoms with Crippen LogP contribution in [0.3, 0.4) is 0 Å². The summed E-state index contributed by atoms with van der Waals surface area (Å²) in [5.41, 5.74) is 1.85. The van der Waals surface area contributed by atoms with Crippen LogP contribution in [0.2, 0.25) is 0 Å². The van der Waals surface area contributed by atoms with E-state index in [1.165, 1.54) is 0 Å². The largest absolute Gasteiger partial charge is 0.339 e. The van der Waals surface area contributed by atoms with Crippen molar-refractivity contribution in [1.82, 2.24) is 10.6 Å². The molecule has 0 fully saturated rings. The fourth-order valence-corrected chi connectivity index (χ4v) is 0.976. The van der Waals surface area contributed by atoms with Gasteiger partial charge in [-0.2, -0.15) is 0 Å². The summed E-state index contributed by atoms with van der Waals surface area (Å²) in [4.78, 5) is 11.4. The molecule has 0 saturated heterocycles. The van der Waals surface area contributed by atoms with Crippen molar-refractivity contribution in [2.45, 2.75) is 6.92 Å². The maximum absolute atomic E-state index is 11.4. The van der Waals surface area contributed by atoms with Crippen molar-refractivity contribution in [1.29, 1.82) is 0 Å². The van der Waals surface area contributed by atoms with Gasteiger partial charge in [0, 0.05) is 5.56 Å². The average molecular weight is 178 g/mol. The van der Waals surface area contributed by atoms with Crippen LogP contribution < -0.4 is 10.6 Å². The molecule has 0 unspecified atom stereocenters. The first-order valence-corrected chi connectivity index (χ1v) is 4.23. The van der Waals surface area contributed by atoms with Gasteiger partial charge in [-0.15, -0.1) is 0 Å². The first kappa shape index (κ1) is 9.74. The van der Waals surface area contributed by atoms with E-state index in [0.29, 0.717) is 12.2 Å². The SMILES string of the molecule is CNCNC(=O)c1ccc(C)cc1. The molecule has 0 radical (unpaired) electrons. The summed E-state index contributed by atoms with van der Waals surface area (Å²) in [7, 11) is 1.79. The van der Waals surface area contributed by atoms with Crippen LogP contribution in [0.15, 0.2) is 24.3 Å². The van der Waals surface area contributed by atoms with E-state index in [1.807, 2.05) is 31.2 Å². The molecule has 0 bridgehead atoms. The second kappa shape index (κ2) is 4.62. The van der Waals surface area contributed by atoms with Crippen LogP contribution in [0.1, 0.15) is 15.9 Å². The topological polar surface area (TPSA) is 41.1 Å². The van der Waals surface area contributed by atoms with E-state index in [0.717, 1.165) is 5.56 Å². The van der Waals surface area contributed by atoms with Gasteiger partial charge in [-0.3, -0.25) is 4.79 Å². The van der Waals surface area contributed by atoms with Crippen molar-refractivity contribution in [2.75, 3.05) is 13.7 Å². The summed E-state index contributed by atoms with van der Waals surface area (Å²) < 4.78 is 0. The van der Waals surface area contributed by atoms with Crippen LogP contribution in [0.4, 0.5) is 0 Å². The fourth-order valence-electron chi connectivity index (χ4n) is 0.976. The zero-order chi connectivity index (χ0) is 9.68. The Labute approximate surface area is 78.2 Å². The standard InChI is InChI=1S/C10H14N2O/c1-8-3-5-9(6-4-8)10(13)12-7-11-2/h3-6,11H,7H2,1-2H3,(H,12,13). The van der Waals surface area contributed by atoms with Crippen molar-refractivity contribution in [3.05, 3.63) is 35.4 Å². The second-order valence-corrected chi connectivity index (χ2v) is 2.90. The molecule has 0 aromatic heterocycles. The molecule has 1 aromatic rings. The van der Waals surface area contributed by atoms with Gasteiger partial charge >= 0.3 is 0 Å². The van der Waals surface area contributed by atoms with E-state index in [4.69, 9.17) is 0 Å². The molecule has 3 heteroatoms. The molecule has 1 aromatic carbocycles. The Bertz CT molecular complexity index is 279. The molecule has 0 saturated carbocycles. The molecular formula is C10H14N2O. The van der Waals surface area contributed by atoms with Gasteiger partial charge < -0.3 is 10.6 Å². The number of carbonyl (C=O) groups is 1. The smallest absolute Gasteiger partial charge is 0.252 e. The quantitative estimate of drug-likeness (QED) is 0.675. The molecular weight excluding hydrogens is 164 g/mol. The van der Waals surface area contributed by atoms with Crippen molar-refractivity contribution in [3.8, 4) is 0 Å². The number of hydrogen-bond acceptors (Lipinski definition) is 2. The lowest BCUT2D eigenvalue weighted by Gasteiger charge is -2.03. The number of aryl methyl sites for hydroxylation is 1. The maximum Gasteiger partial charge on any atom is 0.252 e. The van der Waals surface area contributed by atoms with Gasteiger partial charge in [0.1, 0.15) is 0 Å². The normalized spacial score (nSPS) is 9.69. The highest BCUT2D eigenvalue weighted by atomic mass is 16.1. The molecule has 0 aliphatic heterocycles. The number of benzene rings is 1. The van der Waals surface area contributed by atoms with Gasteiger partial charge in [-0.25, -0.2) is 0 Å². The zero-order valence-electron chi connectivity index (χ0n) is 7.92. The van der Waals surface area contributed by atoms with E-state index in [1.54, 1.807) is 7.05 Å². The Hall–Kier alpha value is -1.35. The van der Waals surface area contributed by atoms with Crippen molar-refractivity contribution >= 4 is 5.91 Å². The second-order valence-electron chi connectivity index (χ2n) is 2.90. The van der Waals surface area contributed by atoms with E-state index >= 15 is 0 Å². The van der Waals surface area contributed by atoms with Gasteiger partial charge in [0.15, 0.2) is 0 Å². The van der Waals surface area contributed by atoms with Crippen LogP contribution in [0, 0.1) is 6.92 Å². The number of rotatable bonds is 3. The monoisotopic (exact) mass is 178 g/mol. The Morgan fingerprint density at radius 1 is 1.31 bits per heavy atom. The molecule has 0 aliphatic rings. The highest BCUT2D eigenvalue weighted by Gasteiger charge is 2.01. The molecule has 0 aliphatic carbocycles. The van der Waals surface area contributed by atoms with E-state index in [-0.39, 0.29) is 5.91 Å². The van der Waals surface area contributed by atoms with Crippen molar-refractivity contribution in [3.63, 3.8) is 0 Å².